The number of nitrogens with two attached hydrogens (primary N) is 1. The van der Waals surface area contributed by atoms with Crippen LogP contribution in [0.1, 0.15) is 5.56 Å². The molecule has 0 aliphatic heterocycles. The Morgan fingerprint density at radius 2 is 1.77 bits per heavy atom. The number of furan rings is 1. The number of hydrogen-bond acceptors (Lipinski definition) is 4. The normalized spacial score (nSPS) is 10.4. The Labute approximate surface area is 127 Å². The maximum absolute atomic E-state index is 7.36. The first kappa shape index (κ1) is 13.9. The average Bonchev–Trinajstić information content (AvgIpc) is 3.05. The summed E-state index contributed by atoms with van der Waals surface area (Å²) in [7, 11) is 1.64. The van der Waals surface area contributed by atoms with Crippen LogP contribution in [0.4, 0.5) is 0 Å². The van der Waals surface area contributed by atoms with E-state index in [2.05, 4.69) is 4.98 Å². The number of pyridine rings is 1. The van der Waals surface area contributed by atoms with Crippen molar-refractivity contribution in [1.82, 2.24) is 4.98 Å². The van der Waals surface area contributed by atoms with Gasteiger partial charge in [0.15, 0.2) is 5.76 Å². The number of rotatable bonds is 4. The average molecular weight is 293 g/mol. The van der Waals surface area contributed by atoms with Crippen LogP contribution in [-0.4, -0.2) is 17.9 Å². The molecule has 0 saturated carbocycles. The minimum atomic E-state index is -0.00239. The standard InChI is InChI=1S/C17H15N3O2/c1-21-13-5-2-11(3-6-13)15-8-9-16(22-15)14-7-4-12(10-20-14)17(18)19/h2-10H,1H3,(H3,18,19). The highest BCUT2D eigenvalue weighted by Crippen LogP contribution is 2.28. The summed E-state index contributed by atoms with van der Waals surface area (Å²) in [6, 6.07) is 15.0. The fourth-order valence-corrected chi connectivity index (χ4v) is 2.08. The van der Waals surface area contributed by atoms with E-state index < -0.39 is 0 Å². The van der Waals surface area contributed by atoms with E-state index in [-0.39, 0.29) is 5.84 Å². The number of aromatic nitrogens is 1. The van der Waals surface area contributed by atoms with Crippen molar-refractivity contribution >= 4 is 5.84 Å². The van der Waals surface area contributed by atoms with Crippen LogP contribution in [0.2, 0.25) is 0 Å². The molecule has 5 nitrogen and oxygen atoms in total. The zero-order valence-corrected chi connectivity index (χ0v) is 12.0. The first-order valence-corrected chi connectivity index (χ1v) is 6.72. The second-order valence-corrected chi connectivity index (χ2v) is 4.74. The largest absolute Gasteiger partial charge is 0.497 e. The number of benzene rings is 1. The number of nitrogens with zero attached hydrogens (tertiary/aromatic N) is 1. The molecule has 0 atom stereocenters. The van der Waals surface area contributed by atoms with Gasteiger partial charge in [-0.15, -0.1) is 0 Å². The van der Waals surface area contributed by atoms with E-state index in [9.17, 15) is 0 Å². The first-order chi connectivity index (χ1) is 10.7. The van der Waals surface area contributed by atoms with Gasteiger partial charge in [0.1, 0.15) is 23.0 Å². The Morgan fingerprint density at radius 1 is 1.05 bits per heavy atom. The molecule has 3 rings (SSSR count). The highest BCUT2D eigenvalue weighted by Gasteiger charge is 2.08. The van der Waals surface area contributed by atoms with E-state index in [1.54, 1.807) is 25.4 Å². The number of ether oxygens (including phenoxy) is 1. The summed E-state index contributed by atoms with van der Waals surface area (Å²) in [5, 5.41) is 7.36. The summed E-state index contributed by atoms with van der Waals surface area (Å²) in [6.45, 7) is 0. The van der Waals surface area contributed by atoms with Gasteiger partial charge in [0.25, 0.3) is 0 Å². The zero-order chi connectivity index (χ0) is 15.5. The van der Waals surface area contributed by atoms with Crippen LogP contribution >= 0.6 is 0 Å². The molecular formula is C17H15N3O2. The summed E-state index contributed by atoms with van der Waals surface area (Å²) in [5.74, 6) is 2.23. The van der Waals surface area contributed by atoms with Gasteiger partial charge in [-0.25, -0.2) is 0 Å². The predicted molar refractivity (Wildman–Crippen MR) is 84.9 cm³/mol. The number of nitrogens with one attached hydrogen (secondary N) is 1. The molecule has 5 heteroatoms. The molecule has 2 aromatic heterocycles. The van der Waals surface area contributed by atoms with Gasteiger partial charge >= 0.3 is 0 Å². The molecule has 1 aromatic carbocycles. The van der Waals surface area contributed by atoms with Gasteiger partial charge in [-0.3, -0.25) is 10.4 Å². The second kappa shape index (κ2) is 5.73. The summed E-state index contributed by atoms with van der Waals surface area (Å²) in [5.41, 5.74) is 7.67. The molecule has 0 radical (unpaired) electrons. The van der Waals surface area contributed by atoms with E-state index >= 15 is 0 Å². The third-order valence-corrected chi connectivity index (χ3v) is 3.31. The van der Waals surface area contributed by atoms with Crippen molar-refractivity contribution in [3.05, 3.63) is 60.3 Å². The van der Waals surface area contributed by atoms with Crippen LogP contribution in [0, 0.1) is 5.41 Å². The van der Waals surface area contributed by atoms with Gasteiger partial charge in [-0.1, -0.05) is 0 Å². The lowest BCUT2D eigenvalue weighted by molar-refractivity contribution is 0.415. The minimum Gasteiger partial charge on any atom is -0.497 e. The summed E-state index contributed by atoms with van der Waals surface area (Å²) in [4.78, 5) is 4.27. The maximum atomic E-state index is 7.36. The second-order valence-electron chi connectivity index (χ2n) is 4.74. The van der Waals surface area contributed by atoms with Crippen molar-refractivity contribution in [2.75, 3.05) is 7.11 Å². The molecule has 2 heterocycles. The molecule has 22 heavy (non-hydrogen) atoms. The summed E-state index contributed by atoms with van der Waals surface area (Å²) < 4.78 is 11.0. The molecule has 0 spiro atoms. The molecule has 3 N–H and O–H groups in total. The van der Waals surface area contributed by atoms with Gasteiger partial charge < -0.3 is 14.9 Å². The fraction of sp³-hybridized carbons (Fsp3) is 0.0588. The van der Waals surface area contributed by atoms with E-state index in [1.807, 2.05) is 36.4 Å². The molecular weight excluding hydrogens is 278 g/mol. The summed E-state index contributed by atoms with van der Waals surface area (Å²) in [6.07, 6.45) is 1.56. The Bertz CT molecular complexity index is 790. The van der Waals surface area contributed by atoms with Crippen molar-refractivity contribution in [1.29, 1.82) is 5.41 Å². The van der Waals surface area contributed by atoms with E-state index in [1.165, 1.54) is 0 Å². The van der Waals surface area contributed by atoms with Gasteiger partial charge in [0, 0.05) is 17.3 Å². The molecule has 3 aromatic rings. The van der Waals surface area contributed by atoms with Crippen LogP contribution in [0.5, 0.6) is 5.75 Å². The third-order valence-electron chi connectivity index (χ3n) is 3.31. The lowest BCUT2D eigenvalue weighted by Gasteiger charge is -2.01. The lowest BCUT2D eigenvalue weighted by Crippen LogP contribution is -2.11. The first-order valence-electron chi connectivity index (χ1n) is 6.72. The zero-order valence-electron chi connectivity index (χ0n) is 12.0. The molecule has 0 saturated heterocycles. The number of nitrogen functional groups attached to an aromatic ring is 1. The summed E-state index contributed by atoms with van der Waals surface area (Å²) >= 11 is 0. The van der Waals surface area contributed by atoms with Crippen molar-refractivity contribution in [3.8, 4) is 28.5 Å². The van der Waals surface area contributed by atoms with Crippen LogP contribution in [0.15, 0.2) is 59.1 Å². The molecule has 0 aliphatic carbocycles. The van der Waals surface area contributed by atoms with Crippen molar-refractivity contribution in [2.45, 2.75) is 0 Å². The van der Waals surface area contributed by atoms with E-state index in [4.69, 9.17) is 20.3 Å². The van der Waals surface area contributed by atoms with Crippen LogP contribution in [0.25, 0.3) is 22.8 Å². The Hall–Kier alpha value is -3.08. The van der Waals surface area contributed by atoms with Gasteiger partial charge in [-0.05, 0) is 48.5 Å². The smallest absolute Gasteiger partial charge is 0.153 e. The highest BCUT2D eigenvalue weighted by atomic mass is 16.5. The lowest BCUT2D eigenvalue weighted by atomic mass is 10.2. The monoisotopic (exact) mass is 293 g/mol. The van der Waals surface area contributed by atoms with Crippen LogP contribution in [0.3, 0.4) is 0 Å². The molecule has 0 unspecified atom stereocenters. The van der Waals surface area contributed by atoms with Crippen molar-refractivity contribution in [3.63, 3.8) is 0 Å². The highest BCUT2D eigenvalue weighted by molar-refractivity contribution is 5.94. The Balaban J connectivity index is 1.87. The SMILES string of the molecule is COc1ccc(-c2ccc(-c3ccc(C(=N)N)cn3)o2)cc1. The molecule has 0 fully saturated rings. The molecule has 0 bridgehead atoms. The maximum Gasteiger partial charge on any atom is 0.153 e. The minimum absolute atomic E-state index is 0.00239. The van der Waals surface area contributed by atoms with Crippen LogP contribution in [-0.2, 0) is 0 Å². The topological polar surface area (TPSA) is 85.1 Å². The number of methoxy groups -OCH3 is 1. The Morgan fingerprint density at radius 3 is 2.36 bits per heavy atom. The van der Waals surface area contributed by atoms with Crippen molar-refractivity contribution in [2.24, 2.45) is 5.73 Å². The van der Waals surface area contributed by atoms with Gasteiger partial charge in [0.2, 0.25) is 0 Å². The number of hydrogen-bond donors (Lipinski definition) is 2. The molecule has 110 valence electrons. The van der Waals surface area contributed by atoms with E-state index in [0.29, 0.717) is 17.0 Å². The quantitative estimate of drug-likeness (QED) is 0.571. The van der Waals surface area contributed by atoms with E-state index in [0.717, 1.165) is 17.1 Å². The number of amidine groups is 1. The predicted octanol–water partition coefficient (Wildman–Crippen LogP) is 3.30. The fourth-order valence-electron chi connectivity index (χ4n) is 2.08. The molecule has 0 amide bonds. The molecule has 0 aliphatic rings. The van der Waals surface area contributed by atoms with Crippen LogP contribution < -0.4 is 10.5 Å². The Kier molecular flexibility index (Phi) is 3.62. The third kappa shape index (κ3) is 2.69. The van der Waals surface area contributed by atoms with Gasteiger partial charge in [-0.2, -0.15) is 0 Å². The van der Waals surface area contributed by atoms with Gasteiger partial charge in [0.05, 0.1) is 7.11 Å². The van der Waals surface area contributed by atoms with Crippen molar-refractivity contribution < 1.29 is 9.15 Å².